The average molecular weight is 599 g/mol. The van der Waals surface area contributed by atoms with Crippen LogP contribution in [0.1, 0.15) is 100.0 Å². The van der Waals surface area contributed by atoms with Crippen LogP contribution in [-0.4, -0.2) is 57.3 Å². The van der Waals surface area contributed by atoms with Gasteiger partial charge in [-0.25, -0.2) is 8.42 Å². The van der Waals surface area contributed by atoms with Crippen molar-refractivity contribution in [2.45, 2.75) is 89.5 Å². The van der Waals surface area contributed by atoms with Gasteiger partial charge in [0.1, 0.15) is 11.9 Å². The van der Waals surface area contributed by atoms with Crippen molar-refractivity contribution in [1.29, 1.82) is 5.41 Å². The van der Waals surface area contributed by atoms with E-state index >= 15 is 0 Å². The Morgan fingerprint density at radius 3 is 2.05 bits per heavy atom. The van der Waals surface area contributed by atoms with Crippen LogP contribution in [0, 0.1) is 11.3 Å². The summed E-state index contributed by atoms with van der Waals surface area (Å²) in [5.41, 5.74) is 9.39. The van der Waals surface area contributed by atoms with Gasteiger partial charge < -0.3 is 15.4 Å². The SMILES string of the molecule is COC(=O)C1CCN(C(=O)[C@H](Cc2cccc(C(=N)N)c2)NS(=O)(=O)c2c(C(C)C)cc(C(C)C)cc2C(C)C)CC1. The molecule has 1 fully saturated rings. The molecule has 9 nitrogen and oxygen atoms in total. The fourth-order valence-corrected chi connectivity index (χ4v) is 7.34. The predicted molar refractivity (Wildman–Crippen MR) is 165 cm³/mol. The lowest BCUT2D eigenvalue weighted by Crippen LogP contribution is -2.52. The first-order valence-electron chi connectivity index (χ1n) is 14.7. The largest absolute Gasteiger partial charge is 0.469 e. The smallest absolute Gasteiger partial charge is 0.308 e. The van der Waals surface area contributed by atoms with E-state index in [1.807, 2.05) is 39.8 Å². The summed E-state index contributed by atoms with van der Waals surface area (Å²) in [4.78, 5) is 27.9. The molecule has 1 aliphatic rings. The first-order valence-corrected chi connectivity index (χ1v) is 16.1. The molecule has 10 heteroatoms. The number of piperidine rings is 1. The Kier molecular flexibility index (Phi) is 10.9. The number of hydrogen-bond acceptors (Lipinski definition) is 6. The van der Waals surface area contributed by atoms with Gasteiger partial charge in [0.25, 0.3) is 0 Å². The summed E-state index contributed by atoms with van der Waals surface area (Å²) in [5, 5.41) is 7.81. The third kappa shape index (κ3) is 7.77. The second-order valence-electron chi connectivity index (χ2n) is 12.1. The highest BCUT2D eigenvalue weighted by molar-refractivity contribution is 7.89. The number of amides is 1. The fraction of sp³-hybridized carbons (Fsp3) is 0.531. The normalized spacial score (nSPS) is 15.3. The number of nitrogens with one attached hydrogen (secondary N) is 2. The summed E-state index contributed by atoms with van der Waals surface area (Å²) in [6.07, 6.45) is 0.973. The van der Waals surface area contributed by atoms with Crippen LogP contribution in [0.25, 0.3) is 0 Å². The molecule has 0 aromatic heterocycles. The maximum absolute atomic E-state index is 14.3. The van der Waals surface area contributed by atoms with Gasteiger partial charge >= 0.3 is 5.97 Å². The van der Waals surface area contributed by atoms with Crippen molar-refractivity contribution < 1.29 is 22.7 Å². The van der Waals surface area contributed by atoms with E-state index in [0.717, 1.165) is 16.7 Å². The number of nitrogen functional groups attached to an aromatic ring is 1. The summed E-state index contributed by atoms with van der Waals surface area (Å²) in [7, 11) is -2.80. The summed E-state index contributed by atoms with van der Waals surface area (Å²) in [6, 6.07) is 9.78. The Balaban J connectivity index is 2.06. The third-order valence-electron chi connectivity index (χ3n) is 7.96. The first kappa shape index (κ1) is 33.3. The maximum Gasteiger partial charge on any atom is 0.308 e. The van der Waals surface area contributed by atoms with Gasteiger partial charge in [0.2, 0.25) is 15.9 Å². The highest BCUT2D eigenvalue weighted by Gasteiger charge is 2.35. The second kappa shape index (κ2) is 13.8. The van der Waals surface area contributed by atoms with Gasteiger partial charge in [-0.15, -0.1) is 0 Å². The Morgan fingerprint density at radius 1 is 1.00 bits per heavy atom. The zero-order valence-electron chi connectivity index (χ0n) is 25.9. The third-order valence-corrected chi connectivity index (χ3v) is 9.57. The van der Waals surface area contributed by atoms with Gasteiger partial charge in [0, 0.05) is 18.7 Å². The number of carbonyl (C=O) groups excluding carboxylic acids is 2. The Hall–Kier alpha value is -3.24. The molecule has 0 spiro atoms. The number of methoxy groups -OCH3 is 1. The van der Waals surface area contributed by atoms with Gasteiger partial charge in [-0.05, 0) is 65.3 Å². The monoisotopic (exact) mass is 598 g/mol. The molecule has 2 aromatic carbocycles. The number of esters is 1. The van der Waals surface area contributed by atoms with Gasteiger partial charge in [-0.1, -0.05) is 71.9 Å². The van der Waals surface area contributed by atoms with Crippen molar-refractivity contribution in [2.24, 2.45) is 11.7 Å². The molecule has 2 aromatic rings. The van der Waals surface area contributed by atoms with E-state index in [1.165, 1.54) is 7.11 Å². The van der Waals surface area contributed by atoms with Gasteiger partial charge in [-0.3, -0.25) is 15.0 Å². The van der Waals surface area contributed by atoms with E-state index in [0.29, 0.717) is 37.1 Å². The maximum atomic E-state index is 14.3. The van der Waals surface area contributed by atoms with Crippen LogP contribution in [0.5, 0.6) is 0 Å². The number of nitrogens with zero attached hydrogens (tertiary/aromatic N) is 1. The van der Waals surface area contributed by atoms with Crippen LogP contribution in [0.2, 0.25) is 0 Å². The summed E-state index contributed by atoms with van der Waals surface area (Å²) in [5.74, 6) is -0.959. The minimum Gasteiger partial charge on any atom is -0.469 e. The second-order valence-corrected chi connectivity index (χ2v) is 13.8. The van der Waals surface area contributed by atoms with Crippen molar-refractivity contribution in [3.05, 3.63) is 64.2 Å². The molecule has 0 aliphatic carbocycles. The van der Waals surface area contributed by atoms with Gasteiger partial charge in [0.15, 0.2) is 0 Å². The number of likely N-dealkylation sites (tertiary alicyclic amines) is 1. The molecule has 0 unspecified atom stereocenters. The van der Waals surface area contributed by atoms with Crippen molar-refractivity contribution in [2.75, 3.05) is 20.2 Å². The molecule has 3 rings (SSSR count). The molecule has 0 bridgehead atoms. The van der Waals surface area contributed by atoms with Crippen LogP contribution in [-0.2, 0) is 30.8 Å². The standard InChI is InChI=1S/C32H46N4O5S/c1-19(2)25-17-26(20(3)4)29(27(18-25)21(5)6)42(39,40)35-28(16-22-9-8-10-24(15-22)30(33)34)31(37)36-13-11-23(12-14-36)32(38)41-7/h8-10,15,17-21,23,28,35H,11-14,16H2,1-7H3,(H3,33,34)/t28-/m0/s1. The average Bonchev–Trinajstić information content (AvgIpc) is 2.95. The molecular weight excluding hydrogens is 552 g/mol. The molecule has 1 atom stereocenters. The van der Waals surface area contributed by atoms with E-state index in [9.17, 15) is 18.0 Å². The highest BCUT2D eigenvalue weighted by Crippen LogP contribution is 2.35. The van der Waals surface area contributed by atoms with Crippen LogP contribution in [0.15, 0.2) is 41.3 Å². The number of amidine groups is 1. The molecule has 1 heterocycles. The number of nitrogens with two attached hydrogens (primary N) is 1. The van der Waals surface area contributed by atoms with Crippen LogP contribution < -0.4 is 10.5 Å². The van der Waals surface area contributed by atoms with Gasteiger partial charge in [0.05, 0.1) is 17.9 Å². The fourth-order valence-electron chi connectivity index (χ4n) is 5.45. The Morgan fingerprint density at radius 2 is 1.57 bits per heavy atom. The molecule has 230 valence electrons. The lowest BCUT2D eigenvalue weighted by atomic mass is 9.89. The minimum absolute atomic E-state index is 0.0634. The summed E-state index contributed by atoms with van der Waals surface area (Å²) in [6.45, 7) is 12.7. The van der Waals surface area contributed by atoms with Crippen molar-refractivity contribution >= 4 is 27.7 Å². The number of rotatable bonds is 11. The van der Waals surface area contributed by atoms with E-state index in [4.69, 9.17) is 15.9 Å². The molecule has 0 radical (unpaired) electrons. The lowest BCUT2D eigenvalue weighted by Gasteiger charge is -2.34. The zero-order valence-corrected chi connectivity index (χ0v) is 26.7. The quantitative estimate of drug-likeness (QED) is 0.195. The molecular formula is C32H46N4O5S. The first-order chi connectivity index (χ1) is 19.7. The van der Waals surface area contributed by atoms with Gasteiger partial charge in [-0.2, -0.15) is 4.72 Å². The molecule has 1 saturated heterocycles. The zero-order chi connectivity index (χ0) is 31.4. The lowest BCUT2D eigenvalue weighted by molar-refractivity contribution is -0.149. The minimum atomic E-state index is -4.15. The van der Waals surface area contributed by atoms with E-state index in [2.05, 4.69) is 18.6 Å². The molecule has 1 amide bonds. The molecule has 4 N–H and O–H groups in total. The number of ether oxygens (including phenoxy) is 1. The number of benzene rings is 2. The van der Waals surface area contributed by atoms with Crippen LogP contribution in [0.4, 0.5) is 0 Å². The molecule has 1 aliphatic heterocycles. The van der Waals surface area contributed by atoms with Crippen LogP contribution in [0.3, 0.4) is 0 Å². The van der Waals surface area contributed by atoms with Crippen molar-refractivity contribution in [3.8, 4) is 0 Å². The molecule has 0 saturated carbocycles. The van der Waals surface area contributed by atoms with E-state index < -0.39 is 16.1 Å². The van der Waals surface area contributed by atoms with E-state index in [1.54, 1.807) is 29.2 Å². The van der Waals surface area contributed by atoms with Crippen LogP contribution >= 0.6 is 0 Å². The van der Waals surface area contributed by atoms with Crippen molar-refractivity contribution in [1.82, 2.24) is 9.62 Å². The number of carbonyl (C=O) groups is 2. The predicted octanol–water partition coefficient (Wildman–Crippen LogP) is 4.64. The van der Waals surface area contributed by atoms with Crippen molar-refractivity contribution in [3.63, 3.8) is 0 Å². The Bertz CT molecular complexity index is 1380. The highest BCUT2D eigenvalue weighted by atomic mass is 32.2. The Labute approximate surface area is 250 Å². The van der Waals surface area contributed by atoms with E-state index in [-0.39, 0.29) is 52.7 Å². The summed E-state index contributed by atoms with van der Waals surface area (Å²) < 4.78 is 36.3. The number of sulfonamides is 1. The topological polar surface area (TPSA) is 143 Å². The number of hydrogen-bond donors (Lipinski definition) is 3. The summed E-state index contributed by atoms with van der Waals surface area (Å²) >= 11 is 0. The molecule has 42 heavy (non-hydrogen) atoms.